The largest absolute Gasteiger partial charge is 0.497 e. The number of methoxy groups -OCH3 is 1. The van der Waals surface area contributed by atoms with Crippen molar-refractivity contribution in [2.45, 2.75) is 0 Å². The van der Waals surface area contributed by atoms with Crippen molar-refractivity contribution >= 4 is 11.2 Å². The summed E-state index contributed by atoms with van der Waals surface area (Å²) in [5, 5.41) is 0. The van der Waals surface area contributed by atoms with Crippen LogP contribution in [0.5, 0.6) is 17.4 Å². The Hall–Kier alpha value is -3.34. The molecule has 24 heavy (non-hydrogen) atoms. The van der Waals surface area contributed by atoms with Crippen LogP contribution < -0.4 is 9.47 Å². The minimum atomic E-state index is 0.511. The van der Waals surface area contributed by atoms with Crippen LogP contribution in [0.4, 0.5) is 0 Å². The molecule has 0 aliphatic carbocycles. The molecule has 0 aliphatic rings. The second-order valence-corrected chi connectivity index (χ2v) is 5.25. The lowest BCUT2D eigenvalue weighted by Gasteiger charge is -2.03. The normalized spacial score (nSPS) is 10.7. The molecule has 4 rings (SSSR count). The lowest BCUT2D eigenvalue weighted by atomic mass is 10.2. The zero-order chi connectivity index (χ0) is 16.4. The second kappa shape index (κ2) is 6.04. The maximum absolute atomic E-state index is 5.75. The molecule has 0 amide bonds. The molecule has 2 heterocycles. The summed E-state index contributed by atoms with van der Waals surface area (Å²) in [5.74, 6) is 2.78. The molecule has 2 aromatic carbocycles. The highest BCUT2D eigenvalue weighted by Crippen LogP contribution is 2.25. The SMILES string of the molecule is COc1cccc(-c2nc3nc(Oc4ccccc4)ccc3[nH]2)c1. The number of nitrogens with zero attached hydrogens (tertiary/aromatic N) is 2. The van der Waals surface area contributed by atoms with Crippen molar-refractivity contribution < 1.29 is 9.47 Å². The Bertz CT molecular complexity index is 980. The van der Waals surface area contributed by atoms with Crippen LogP contribution >= 0.6 is 0 Å². The van der Waals surface area contributed by atoms with Crippen LogP contribution in [0, 0.1) is 0 Å². The van der Waals surface area contributed by atoms with Gasteiger partial charge in [0, 0.05) is 11.6 Å². The minimum Gasteiger partial charge on any atom is -0.497 e. The molecule has 118 valence electrons. The third kappa shape index (κ3) is 2.79. The summed E-state index contributed by atoms with van der Waals surface area (Å²) in [4.78, 5) is 12.3. The van der Waals surface area contributed by atoms with E-state index in [1.807, 2.05) is 66.7 Å². The molecule has 0 unspecified atom stereocenters. The van der Waals surface area contributed by atoms with Crippen molar-refractivity contribution in [3.05, 3.63) is 66.7 Å². The van der Waals surface area contributed by atoms with Crippen LogP contribution in [0.1, 0.15) is 0 Å². The Morgan fingerprint density at radius 2 is 1.67 bits per heavy atom. The van der Waals surface area contributed by atoms with Crippen LogP contribution in [-0.4, -0.2) is 22.1 Å². The first-order valence-corrected chi connectivity index (χ1v) is 7.56. The third-order valence-corrected chi connectivity index (χ3v) is 3.63. The van der Waals surface area contributed by atoms with Gasteiger partial charge in [0.05, 0.1) is 12.6 Å². The van der Waals surface area contributed by atoms with E-state index in [4.69, 9.17) is 9.47 Å². The average Bonchev–Trinajstić information content (AvgIpc) is 3.06. The van der Waals surface area contributed by atoms with Gasteiger partial charge in [-0.3, -0.25) is 0 Å². The number of nitrogens with one attached hydrogen (secondary N) is 1. The van der Waals surface area contributed by atoms with E-state index < -0.39 is 0 Å². The maximum Gasteiger partial charge on any atom is 0.221 e. The van der Waals surface area contributed by atoms with E-state index in [0.29, 0.717) is 11.5 Å². The number of aromatic amines is 1. The van der Waals surface area contributed by atoms with Crippen LogP contribution in [0.3, 0.4) is 0 Å². The summed E-state index contributed by atoms with van der Waals surface area (Å²) < 4.78 is 11.0. The number of para-hydroxylation sites is 1. The second-order valence-electron chi connectivity index (χ2n) is 5.25. The molecule has 0 aliphatic heterocycles. The molecule has 0 saturated carbocycles. The van der Waals surface area contributed by atoms with Crippen LogP contribution in [-0.2, 0) is 0 Å². The fraction of sp³-hybridized carbons (Fsp3) is 0.0526. The first-order chi connectivity index (χ1) is 11.8. The molecule has 0 fully saturated rings. The van der Waals surface area contributed by atoms with E-state index in [9.17, 15) is 0 Å². The maximum atomic E-state index is 5.75. The van der Waals surface area contributed by atoms with Crippen molar-refractivity contribution in [2.24, 2.45) is 0 Å². The fourth-order valence-corrected chi connectivity index (χ4v) is 2.45. The van der Waals surface area contributed by atoms with E-state index >= 15 is 0 Å². The number of imidazole rings is 1. The number of ether oxygens (including phenoxy) is 2. The highest BCUT2D eigenvalue weighted by molar-refractivity contribution is 5.76. The lowest BCUT2D eigenvalue weighted by Crippen LogP contribution is -1.87. The number of aromatic nitrogens is 3. The Morgan fingerprint density at radius 3 is 2.50 bits per heavy atom. The number of H-pyrrole nitrogens is 1. The van der Waals surface area contributed by atoms with Crippen LogP contribution in [0.25, 0.3) is 22.6 Å². The predicted molar refractivity (Wildman–Crippen MR) is 92.4 cm³/mol. The van der Waals surface area contributed by atoms with Gasteiger partial charge in [-0.05, 0) is 30.3 Å². The monoisotopic (exact) mass is 317 g/mol. The first kappa shape index (κ1) is 14.3. The van der Waals surface area contributed by atoms with Crippen molar-refractivity contribution in [1.29, 1.82) is 0 Å². The molecule has 0 spiro atoms. The molecule has 5 nitrogen and oxygen atoms in total. The van der Waals surface area contributed by atoms with Crippen molar-refractivity contribution in [3.63, 3.8) is 0 Å². The molecule has 0 radical (unpaired) electrons. The highest BCUT2D eigenvalue weighted by atomic mass is 16.5. The molecule has 2 aromatic heterocycles. The summed E-state index contributed by atoms with van der Waals surface area (Å²) in [6.07, 6.45) is 0. The zero-order valence-electron chi connectivity index (χ0n) is 13.1. The van der Waals surface area contributed by atoms with Gasteiger partial charge >= 0.3 is 0 Å². The Balaban J connectivity index is 1.68. The van der Waals surface area contributed by atoms with E-state index in [0.717, 1.165) is 28.4 Å². The Kier molecular flexibility index (Phi) is 3.59. The summed E-state index contributed by atoms with van der Waals surface area (Å²) in [6, 6.07) is 21.0. The van der Waals surface area contributed by atoms with Gasteiger partial charge in [-0.1, -0.05) is 30.3 Å². The fourth-order valence-electron chi connectivity index (χ4n) is 2.45. The zero-order valence-corrected chi connectivity index (χ0v) is 13.1. The number of hydrogen-bond donors (Lipinski definition) is 1. The average molecular weight is 317 g/mol. The molecular weight excluding hydrogens is 302 g/mol. The predicted octanol–water partition coefficient (Wildman–Crippen LogP) is 4.43. The summed E-state index contributed by atoms with van der Waals surface area (Å²) in [5.41, 5.74) is 2.41. The number of fused-ring (bicyclic) bond motifs is 1. The molecule has 0 bridgehead atoms. The standard InChI is InChI=1S/C19H15N3O2/c1-23-15-9-5-6-13(12-15)18-20-16-10-11-17(21-19(16)22-18)24-14-7-3-2-4-8-14/h2-12H,1H3,(H,20,21,22). The third-order valence-electron chi connectivity index (χ3n) is 3.63. The highest BCUT2D eigenvalue weighted by Gasteiger charge is 2.09. The Labute approximate surface area is 138 Å². The van der Waals surface area contributed by atoms with E-state index in [1.165, 1.54) is 0 Å². The number of hydrogen-bond acceptors (Lipinski definition) is 4. The quantitative estimate of drug-likeness (QED) is 0.605. The van der Waals surface area contributed by atoms with Gasteiger partial charge in [-0.25, -0.2) is 4.98 Å². The minimum absolute atomic E-state index is 0.511. The van der Waals surface area contributed by atoms with E-state index in [-0.39, 0.29) is 0 Å². The molecular formula is C19H15N3O2. The molecule has 0 atom stereocenters. The molecule has 0 saturated heterocycles. The number of rotatable bonds is 4. The van der Waals surface area contributed by atoms with Gasteiger partial charge in [0.1, 0.15) is 17.3 Å². The van der Waals surface area contributed by atoms with Gasteiger partial charge in [0.15, 0.2) is 5.65 Å². The van der Waals surface area contributed by atoms with Gasteiger partial charge in [0.2, 0.25) is 5.88 Å². The number of pyridine rings is 1. The van der Waals surface area contributed by atoms with Crippen molar-refractivity contribution in [2.75, 3.05) is 7.11 Å². The first-order valence-electron chi connectivity index (χ1n) is 7.56. The summed E-state index contributed by atoms with van der Waals surface area (Å²) >= 11 is 0. The molecule has 4 aromatic rings. The molecule has 1 N–H and O–H groups in total. The van der Waals surface area contributed by atoms with Gasteiger partial charge < -0.3 is 14.5 Å². The topological polar surface area (TPSA) is 60.0 Å². The number of benzene rings is 2. The summed E-state index contributed by atoms with van der Waals surface area (Å²) in [7, 11) is 1.65. The molecule has 5 heteroatoms. The van der Waals surface area contributed by atoms with Gasteiger partial charge in [-0.15, -0.1) is 0 Å². The summed E-state index contributed by atoms with van der Waals surface area (Å²) in [6.45, 7) is 0. The van der Waals surface area contributed by atoms with E-state index in [1.54, 1.807) is 7.11 Å². The van der Waals surface area contributed by atoms with Crippen LogP contribution in [0.2, 0.25) is 0 Å². The van der Waals surface area contributed by atoms with Crippen molar-refractivity contribution in [1.82, 2.24) is 15.0 Å². The van der Waals surface area contributed by atoms with Gasteiger partial charge in [-0.2, -0.15) is 4.98 Å². The van der Waals surface area contributed by atoms with E-state index in [2.05, 4.69) is 15.0 Å². The Morgan fingerprint density at radius 1 is 0.833 bits per heavy atom. The smallest absolute Gasteiger partial charge is 0.221 e. The van der Waals surface area contributed by atoms with Gasteiger partial charge in [0.25, 0.3) is 0 Å². The lowest BCUT2D eigenvalue weighted by molar-refractivity contribution is 0.415. The van der Waals surface area contributed by atoms with Crippen LogP contribution in [0.15, 0.2) is 66.7 Å². The van der Waals surface area contributed by atoms with Crippen molar-refractivity contribution in [3.8, 4) is 28.8 Å².